The third-order valence-electron chi connectivity index (χ3n) is 4.93. The fraction of sp³-hybridized carbons (Fsp3) is 0.812. The summed E-state index contributed by atoms with van der Waals surface area (Å²) in [6.45, 7) is 4.30. The zero-order valence-electron chi connectivity index (χ0n) is 13.0. The number of hydrogen-bond donors (Lipinski definition) is 1. The molecule has 120 valence electrons. The first-order chi connectivity index (χ1) is 10.7. The molecule has 2 heterocycles. The molecule has 2 aliphatic heterocycles. The van der Waals surface area contributed by atoms with E-state index in [1.54, 1.807) is 0 Å². The van der Waals surface area contributed by atoms with Crippen LogP contribution in [0, 0.1) is 12.3 Å². The van der Waals surface area contributed by atoms with E-state index in [4.69, 9.17) is 11.2 Å². The van der Waals surface area contributed by atoms with Crippen molar-refractivity contribution in [3.63, 3.8) is 0 Å². The van der Waals surface area contributed by atoms with Gasteiger partial charge in [-0.05, 0) is 12.8 Å². The van der Waals surface area contributed by atoms with Gasteiger partial charge in [-0.2, -0.15) is 10.2 Å². The van der Waals surface area contributed by atoms with E-state index in [0.717, 1.165) is 39.3 Å². The quantitative estimate of drug-likeness (QED) is 0.688. The maximum absolute atomic E-state index is 12.1. The van der Waals surface area contributed by atoms with Gasteiger partial charge in [0.25, 0.3) is 0 Å². The summed E-state index contributed by atoms with van der Waals surface area (Å²) in [5, 5.41) is 11.2. The van der Waals surface area contributed by atoms with Gasteiger partial charge in [0, 0.05) is 50.9 Å². The molecule has 3 aliphatic rings. The lowest BCUT2D eigenvalue weighted by Gasteiger charge is -2.35. The molecule has 1 amide bonds. The summed E-state index contributed by atoms with van der Waals surface area (Å²) in [4.78, 5) is 14.5. The minimum Gasteiger partial charge on any atom is -0.379 e. The Kier molecular flexibility index (Phi) is 4.46. The van der Waals surface area contributed by atoms with Crippen LogP contribution in [0.4, 0.5) is 0 Å². The number of morpholine rings is 1. The molecule has 1 saturated carbocycles. The van der Waals surface area contributed by atoms with Crippen LogP contribution < -0.4 is 5.32 Å². The molecular formula is C16H24N4O2. The summed E-state index contributed by atoms with van der Waals surface area (Å²) in [5.41, 5.74) is -0.167. The van der Waals surface area contributed by atoms with E-state index in [0.29, 0.717) is 19.3 Å². The molecule has 2 fully saturated rings. The Morgan fingerprint density at radius 3 is 2.59 bits per heavy atom. The van der Waals surface area contributed by atoms with Crippen LogP contribution in [0.3, 0.4) is 0 Å². The fourth-order valence-corrected chi connectivity index (χ4v) is 3.12. The van der Waals surface area contributed by atoms with Crippen molar-refractivity contribution in [1.29, 1.82) is 0 Å². The van der Waals surface area contributed by atoms with E-state index in [1.165, 1.54) is 12.8 Å². The van der Waals surface area contributed by atoms with E-state index < -0.39 is 0 Å². The van der Waals surface area contributed by atoms with Crippen molar-refractivity contribution in [2.45, 2.75) is 49.7 Å². The molecule has 3 rings (SSSR count). The summed E-state index contributed by atoms with van der Waals surface area (Å²) >= 11 is 0. The summed E-state index contributed by atoms with van der Waals surface area (Å²) in [6, 6.07) is 0. The van der Waals surface area contributed by atoms with Crippen molar-refractivity contribution in [2.24, 2.45) is 10.2 Å². The number of carbonyl (C=O) groups is 1. The lowest BCUT2D eigenvalue weighted by atomic mass is 10.0. The Hall–Kier alpha value is -1.45. The van der Waals surface area contributed by atoms with Crippen molar-refractivity contribution in [1.82, 2.24) is 10.2 Å². The Morgan fingerprint density at radius 2 is 2.00 bits per heavy atom. The number of rotatable bonds is 8. The molecule has 0 radical (unpaired) electrons. The highest BCUT2D eigenvalue weighted by molar-refractivity contribution is 5.76. The van der Waals surface area contributed by atoms with E-state index in [-0.39, 0.29) is 17.1 Å². The van der Waals surface area contributed by atoms with Crippen LogP contribution in [0.5, 0.6) is 0 Å². The van der Waals surface area contributed by atoms with Gasteiger partial charge in [-0.3, -0.25) is 9.69 Å². The van der Waals surface area contributed by atoms with Crippen molar-refractivity contribution < 1.29 is 9.53 Å². The van der Waals surface area contributed by atoms with Crippen molar-refractivity contribution in [3.8, 4) is 12.3 Å². The Labute approximate surface area is 131 Å². The number of nitrogens with one attached hydrogen (secondary N) is 1. The average molecular weight is 304 g/mol. The third-order valence-corrected chi connectivity index (χ3v) is 4.93. The SMILES string of the molecule is C#CCCC1(CCC(=O)NCC2(N3CCOCC3)CC2)N=N1. The number of nitrogens with zero attached hydrogens (tertiary/aromatic N) is 3. The van der Waals surface area contributed by atoms with Gasteiger partial charge < -0.3 is 10.1 Å². The number of carbonyl (C=O) groups excluding carboxylic acids is 1. The summed E-state index contributed by atoms with van der Waals surface area (Å²) in [5.74, 6) is 2.70. The van der Waals surface area contributed by atoms with Gasteiger partial charge in [0.05, 0.1) is 13.2 Å². The largest absolute Gasteiger partial charge is 0.379 e. The van der Waals surface area contributed by atoms with E-state index in [2.05, 4.69) is 26.4 Å². The molecule has 0 aromatic carbocycles. The Balaban J connectivity index is 1.37. The smallest absolute Gasteiger partial charge is 0.220 e. The number of terminal acetylenes is 1. The highest BCUT2D eigenvalue weighted by Gasteiger charge is 2.48. The first-order valence-corrected chi connectivity index (χ1v) is 8.15. The van der Waals surface area contributed by atoms with Gasteiger partial charge in [0.15, 0.2) is 5.66 Å². The van der Waals surface area contributed by atoms with Crippen LogP contribution in [0.25, 0.3) is 0 Å². The van der Waals surface area contributed by atoms with Gasteiger partial charge in [0.1, 0.15) is 0 Å². The maximum Gasteiger partial charge on any atom is 0.220 e. The standard InChI is InChI=1S/C16H24N4O2/c1-2-3-5-16(18-19-16)6-4-14(21)17-13-15(7-8-15)20-9-11-22-12-10-20/h1H,3-13H2,(H,17,21). The minimum absolute atomic E-state index is 0.0944. The Morgan fingerprint density at radius 1 is 1.27 bits per heavy atom. The maximum atomic E-state index is 12.1. The molecule has 0 spiro atoms. The van der Waals surface area contributed by atoms with E-state index in [1.807, 2.05) is 0 Å². The van der Waals surface area contributed by atoms with Crippen LogP contribution in [-0.2, 0) is 9.53 Å². The highest BCUT2D eigenvalue weighted by atomic mass is 16.5. The molecule has 0 atom stereocenters. The van der Waals surface area contributed by atoms with Crippen molar-refractivity contribution in [3.05, 3.63) is 0 Å². The molecule has 6 nitrogen and oxygen atoms in total. The second kappa shape index (κ2) is 6.35. The second-order valence-corrected chi connectivity index (χ2v) is 6.49. The van der Waals surface area contributed by atoms with E-state index >= 15 is 0 Å². The van der Waals surface area contributed by atoms with E-state index in [9.17, 15) is 4.79 Å². The molecule has 1 N–H and O–H groups in total. The van der Waals surface area contributed by atoms with Crippen molar-refractivity contribution >= 4 is 5.91 Å². The molecule has 1 saturated heterocycles. The van der Waals surface area contributed by atoms with Gasteiger partial charge in [0.2, 0.25) is 5.91 Å². The topological polar surface area (TPSA) is 66.3 Å². The van der Waals surface area contributed by atoms with Gasteiger partial charge >= 0.3 is 0 Å². The minimum atomic E-state index is -0.356. The normalized spacial score (nSPS) is 24.5. The van der Waals surface area contributed by atoms with Crippen LogP contribution in [0.2, 0.25) is 0 Å². The second-order valence-electron chi connectivity index (χ2n) is 6.49. The number of ether oxygens (including phenoxy) is 1. The molecule has 1 aliphatic carbocycles. The molecule has 6 heteroatoms. The van der Waals surface area contributed by atoms with Crippen LogP contribution >= 0.6 is 0 Å². The number of amides is 1. The molecule has 22 heavy (non-hydrogen) atoms. The van der Waals surface area contributed by atoms with Crippen LogP contribution in [-0.4, -0.2) is 54.9 Å². The van der Waals surface area contributed by atoms with Crippen molar-refractivity contribution in [2.75, 3.05) is 32.8 Å². The summed E-state index contributed by atoms with van der Waals surface area (Å²) in [7, 11) is 0. The first kappa shape index (κ1) is 15.4. The molecule has 0 bridgehead atoms. The summed E-state index contributed by atoms with van der Waals surface area (Å²) < 4.78 is 5.40. The zero-order valence-corrected chi connectivity index (χ0v) is 13.0. The molecule has 0 aromatic rings. The third kappa shape index (κ3) is 3.65. The van der Waals surface area contributed by atoms with Gasteiger partial charge in [-0.1, -0.05) is 0 Å². The first-order valence-electron chi connectivity index (χ1n) is 8.15. The number of hydrogen-bond acceptors (Lipinski definition) is 5. The predicted octanol–water partition coefficient (Wildman–Crippen LogP) is 1.32. The summed E-state index contributed by atoms with van der Waals surface area (Å²) in [6.07, 6.45) is 10.2. The zero-order chi connectivity index (χ0) is 15.5. The van der Waals surface area contributed by atoms with Gasteiger partial charge in [-0.25, -0.2) is 0 Å². The van der Waals surface area contributed by atoms with Crippen LogP contribution in [0.1, 0.15) is 38.5 Å². The predicted molar refractivity (Wildman–Crippen MR) is 82.3 cm³/mol. The Bertz CT molecular complexity index is 481. The van der Waals surface area contributed by atoms with Crippen LogP contribution in [0.15, 0.2) is 10.2 Å². The highest BCUT2D eigenvalue weighted by Crippen LogP contribution is 2.41. The van der Waals surface area contributed by atoms with Gasteiger partial charge in [-0.15, -0.1) is 12.3 Å². The fourth-order valence-electron chi connectivity index (χ4n) is 3.12. The average Bonchev–Trinajstić information content (AvgIpc) is 3.46. The lowest BCUT2D eigenvalue weighted by Crippen LogP contribution is -2.50. The molecule has 0 aromatic heterocycles. The molecular weight excluding hydrogens is 280 g/mol. The molecule has 0 unspecified atom stereocenters. The monoisotopic (exact) mass is 304 g/mol. The lowest BCUT2D eigenvalue weighted by molar-refractivity contribution is -0.121.